The summed E-state index contributed by atoms with van der Waals surface area (Å²) in [5, 5.41) is 34.1. The summed E-state index contributed by atoms with van der Waals surface area (Å²) in [6.07, 6.45) is 0.00603. The third-order valence-corrected chi connectivity index (χ3v) is 7.72. The molecule has 6 nitrogen and oxygen atoms in total. The van der Waals surface area contributed by atoms with E-state index in [0.29, 0.717) is 23.0 Å². The molecule has 0 saturated carbocycles. The van der Waals surface area contributed by atoms with E-state index in [2.05, 4.69) is 37.1 Å². The monoisotopic (exact) mass is 545 g/mol. The van der Waals surface area contributed by atoms with Gasteiger partial charge in [0.15, 0.2) is 0 Å². The van der Waals surface area contributed by atoms with Crippen molar-refractivity contribution in [3.8, 4) is 6.07 Å². The fourth-order valence-corrected chi connectivity index (χ4v) is 6.01. The molecule has 0 bridgehead atoms. The van der Waals surface area contributed by atoms with Gasteiger partial charge in [0, 0.05) is 28.5 Å². The van der Waals surface area contributed by atoms with E-state index >= 15 is 0 Å². The number of hydrogen-bond acceptors (Lipinski definition) is 5. The topological polar surface area (TPSA) is 96.6 Å². The number of likely N-dealkylation sites (tertiary alicyclic amines) is 1. The first kappa shape index (κ1) is 29.4. The molecule has 1 saturated heterocycles. The molecule has 2 aromatic rings. The van der Waals surface area contributed by atoms with Crippen molar-refractivity contribution in [2.24, 2.45) is 5.41 Å². The second kappa shape index (κ2) is 12.1. The molecule has 5 atom stereocenters. The van der Waals surface area contributed by atoms with Crippen LogP contribution < -0.4 is 5.32 Å². The first-order valence-electron chi connectivity index (χ1n) is 12.7. The van der Waals surface area contributed by atoms with Crippen molar-refractivity contribution in [1.29, 1.82) is 5.26 Å². The lowest BCUT2D eigenvalue weighted by molar-refractivity contribution is -0.126. The smallest absolute Gasteiger partial charge is 0.238 e. The van der Waals surface area contributed by atoms with Gasteiger partial charge in [0.25, 0.3) is 0 Å². The molecule has 200 valence electrons. The van der Waals surface area contributed by atoms with E-state index in [1.807, 2.05) is 37.3 Å². The van der Waals surface area contributed by atoms with Crippen molar-refractivity contribution < 1.29 is 15.0 Å². The number of rotatable bonds is 9. The maximum absolute atomic E-state index is 13.9. The maximum atomic E-state index is 13.9. The number of nitrogens with one attached hydrogen (secondary N) is 1. The number of likely N-dealkylation sites (N-methyl/N-ethyl adjacent to an activating group) is 1. The first-order valence-corrected chi connectivity index (χ1v) is 13.5. The summed E-state index contributed by atoms with van der Waals surface area (Å²) in [6, 6.07) is 16.6. The Morgan fingerprint density at radius 3 is 2.41 bits per heavy atom. The minimum Gasteiger partial charge on any atom is -0.394 e. The predicted octanol–water partition coefficient (Wildman–Crippen LogP) is 4.91. The van der Waals surface area contributed by atoms with Crippen molar-refractivity contribution in [3.05, 3.63) is 69.7 Å². The van der Waals surface area contributed by atoms with Crippen LogP contribution >= 0.6 is 23.2 Å². The van der Waals surface area contributed by atoms with E-state index in [1.165, 1.54) is 0 Å². The van der Waals surface area contributed by atoms with E-state index < -0.39 is 23.5 Å². The Labute approximate surface area is 230 Å². The molecule has 0 spiro atoms. The summed E-state index contributed by atoms with van der Waals surface area (Å²) < 4.78 is 0. The normalized spacial score (nSPS) is 25.0. The lowest BCUT2D eigenvalue weighted by Gasteiger charge is -2.39. The Kier molecular flexibility index (Phi) is 9.66. The summed E-state index contributed by atoms with van der Waals surface area (Å²) in [6.45, 7) is 8.84. The average Bonchev–Trinajstić information content (AvgIpc) is 3.13. The molecule has 1 aliphatic rings. The molecule has 0 aromatic heterocycles. The van der Waals surface area contributed by atoms with Crippen LogP contribution in [0, 0.1) is 16.7 Å². The summed E-state index contributed by atoms with van der Waals surface area (Å²) in [7, 11) is 0. The van der Waals surface area contributed by atoms with Gasteiger partial charge >= 0.3 is 0 Å². The van der Waals surface area contributed by atoms with E-state index in [9.17, 15) is 15.2 Å². The molecular weight excluding hydrogens is 509 g/mol. The molecule has 1 heterocycles. The van der Waals surface area contributed by atoms with Crippen LogP contribution in [0.4, 0.5) is 0 Å². The number of aliphatic hydroxyl groups is 2. The quantitative estimate of drug-likeness (QED) is 0.416. The zero-order valence-electron chi connectivity index (χ0n) is 21.9. The van der Waals surface area contributed by atoms with E-state index in [1.54, 1.807) is 18.2 Å². The molecule has 2 aromatic carbocycles. The van der Waals surface area contributed by atoms with Gasteiger partial charge in [-0.05, 0) is 60.2 Å². The SMILES string of the molecule is CCN1[C@@H](CC(C)(C)C)[C@](C#N)(c2ccc(Cl)cc2)[C@@H](c2cccc(Cl)c2)[C@@H]1C(=O)NCC[C@H](O)CO. The number of aliphatic hydroxyl groups excluding tert-OH is 2. The fourth-order valence-electron chi connectivity index (χ4n) is 5.69. The third-order valence-electron chi connectivity index (χ3n) is 7.23. The first-order chi connectivity index (χ1) is 17.5. The van der Waals surface area contributed by atoms with Gasteiger partial charge < -0.3 is 15.5 Å². The molecule has 3 N–H and O–H groups in total. The van der Waals surface area contributed by atoms with Gasteiger partial charge in [-0.1, -0.05) is 75.2 Å². The van der Waals surface area contributed by atoms with Crippen molar-refractivity contribution >= 4 is 29.1 Å². The zero-order chi connectivity index (χ0) is 27.4. The van der Waals surface area contributed by atoms with Crippen LogP contribution in [0.5, 0.6) is 0 Å². The molecule has 1 aliphatic heterocycles. The van der Waals surface area contributed by atoms with Gasteiger partial charge in [-0.2, -0.15) is 5.26 Å². The van der Waals surface area contributed by atoms with Crippen LogP contribution in [0.15, 0.2) is 48.5 Å². The van der Waals surface area contributed by atoms with Gasteiger partial charge in [-0.15, -0.1) is 0 Å². The van der Waals surface area contributed by atoms with Crippen LogP contribution in [0.3, 0.4) is 0 Å². The highest BCUT2D eigenvalue weighted by Gasteiger charge is 2.63. The summed E-state index contributed by atoms with van der Waals surface area (Å²) in [5.74, 6) is -0.741. The molecule has 0 unspecified atom stereocenters. The molecule has 1 fully saturated rings. The molecule has 37 heavy (non-hydrogen) atoms. The Balaban J connectivity index is 2.25. The number of amides is 1. The Bertz CT molecular complexity index is 1110. The second-order valence-electron chi connectivity index (χ2n) is 11.0. The van der Waals surface area contributed by atoms with Crippen LogP contribution in [-0.4, -0.2) is 58.9 Å². The third kappa shape index (κ3) is 6.30. The Morgan fingerprint density at radius 1 is 1.19 bits per heavy atom. The number of nitrogens with zero attached hydrogens (tertiary/aromatic N) is 2. The molecular formula is C29H37Cl2N3O3. The van der Waals surface area contributed by atoms with Crippen molar-refractivity contribution in [2.75, 3.05) is 19.7 Å². The van der Waals surface area contributed by atoms with Gasteiger partial charge in [-0.25, -0.2) is 0 Å². The lowest BCUT2D eigenvalue weighted by Crippen LogP contribution is -2.49. The lowest BCUT2D eigenvalue weighted by atomic mass is 9.63. The Hall–Kier alpha value is -2.14. The highest BCUT2D eigenvalue weighted by molar-refractivity contribution is 6.30. The number of carbonyl (C=O) groups is 1. The highest BCUT2D eigenvalue weighted by atomic mass is 35.5. The van der Waals surface area contributed by atoms with Crippen LogP contribution in [0.25, 0.3) is 0 Å². The Morgan fingerprint density at radius 2 is 1.86 bits per heavy atom. The number of benzene rings is 2. The number of hydrogen-bond donors (Lipinski definition) is 3. The summed E-state index contributed by atoms with van der Waals surface area (Å²) >= 11 is 12.7. The van der Waals surface area contributed by atoms with Gasteiger partial charge in [0.1, 0.15) is 5.41 Å². The highest BCUT2D eigenvalue weighted by Crippen LogP contribution is 2.55. The zero-order valence-corrected chi connectivity index (χ0v) is 23.4. The predicted molar refractivity (Wildman–Crippen MR) is 148 cm³/mol. The fraction of sp³-hybridized carbons (Fsp3) is 0.517. The summed E-state index contributed by atoms with van der Waals surface area (Å²) in [4.78, 5) is 16.0. The second-order valence-corrected chi connectivity index (χ2v) is 11.9. The molecule has 1 amide bonds. The maximum Gasteiger partial charge on any atom is 0.238 e. The standard InChI is InChI=1S/C29H37Cl2N3O3/c1-5-34-24(16-28(2,3)4)29(18-32,20-9-11-21(30)12-10-20)25(19-7-6-8-22(31)15-19)26(34)27(37)33-14-13-23(36)17-35/h6-12,15,23-26,35-36H,5,13-14,16-17H2,1-4H3,(H,33,37)/t23-,24-,25-,26+,29-/m0/s1. The van der Waals surface area contributed by atoms with Crippen LogP contribution in [0.2, 0.25) is 10.0 Å². The largest absolute Gasteiger partial charge is 0.394 e. The van der Waals surface area contributed by atoms with Gasteiger partial charge in [0.2, 0.25) is 5.91 Å². The van der Waals surface area contributed by atoms with Crippen LogP contribution in [-0.2, 0) is 10.2 Å². The van der Waals surface area contributed by atoms with Crippen molar-refractivity contribution in [1.82, 2.24) is 10.2 Å². The molecule has 0 aliphatic carbocycles. The van der Waals surface area contributed by atoms with Crippen molar-refractivity contribution in [3.63, 3.8) is 0 Å². The minimum absolute atomic E-state index is 0.123. The molecule has 3 rings (SSSR count). The molecule has 8 heteroatoms. The average molecular weight is 547 g/mol. The number of carbonyl (C=O) groups excluding carboxylic acids is 1. The van der Waals surface area contributed by atoms with E-state index in [-0.39, 0.29) is 36.9 Å². The number of halogens is 2. The van der Waals surface area contributed by atoms with E-state index in [0.717, 1.165) is 11.1 Å². The van der Waals surface area contributed by atoms with Crippen LogP contribution in [0.1, 0.15) is 57.6 Å². The minimum atomic E-state index is -1.06. The van der Waals surface area contributed by atoms with E-state index in [4.69, 9.17) is 28.3 Å². The van der Waals surface area contributed by atoms with Gasteiger partial charge in [-0.3, -0.25) is 9.69 Å². The molecule has 0 radical (unpaired) electrons. The number of nitriles is 1. The van der Waals surface area contributed by atoms with Crippen molar-refractivity contribution in [2.45, 2.75) is 70.1 Å². The van der Waals surface area contributed by atoms with Gasteiger partial charge in [0.05, 0.1) is 24.8 Å². The summed E-state index contributed by atoms with van der Waals surface area (Å²) in [5.41, 5.74) is 0.435.